The molecule has 21 heavy (non-hydrogen) atoms. The van der Waals surface area contributed by atoms with Crippen molar-refractivity contribution < 1.29 is 9.52 Å². The maximum Gasteiger partial charge on any atom is 0.252 e. The van der Waals surface area contributed by atoms with E-state index in [0.29, 0.717) is 11.6 Å². The smallest absolute Gasteiger partial charge is 0.252 e. The number of carbonyl (C=O) groups excluding carboxylic acids is 1. The van der Waals surface area contributed by atoms with Crippen LogP contribution < -0.4 is 4.73 Å². The molecule has 0 bridgehead atoms. The van der Waals surface area contributed by atoms with E-state index >= 15 is 0 Å². The van der Waals surface area contributed by atoms with Crippen LogP contribution in [0.3, 0.4) is 0 Å². The van der Waals surface area contributed by atoms with Gasteiger partial charge in [-0.3, -0.25) is 4.79 Å². The van der Waals surface area contributed by atoms with Crippen LogP contribution in [0.4, 0.5) is 0 Å². The van der Waals surface area contributed by atoms with E-state index in [1.54, 1.807) is 30.1 Å². The van der Waals surface area contributed by atoms with Crippen LogP contribution in [0.5, 0.6) is 0 Å². The molecule has 0 radical (unpaired) electrons. The molecule has 4 nitrogen and oxygen atoms in total. The van der Waals surface area contributed by atoms with Crippen LogP contribution >= 0.6 is 11.8 Å². The standard InChI is InChI=1S/C16H18N2O2S/c1-13(21-15-10-6-7-11-18(15)20)16(19)17(2)12-14-8-4-3-5-9-14/h3-11,13H,12H2,1-2H3. The Kier molecular flexibility index (Phi) is 5.22. The summed E-state index contributed by atoms with van der Waals surface area (Å²) < 4.78 is 0.783. The lowest BCUT2D eigenvalue weighted by Crippen LogP contribution is -2.35. The van der Waals surface area contributed by atoms with Crippen molar-refractivity contribution in [2.45, 2.75) is 23.7 Å². The molecule has 110 valence electrons. The molecule has 0 spiro atoms. The molecule has 0 saturated carbocycles. The first-order valence-corrected chi connectivity index (χ1v) is 7.59. The van der Waals surface area contributed by atoms with Crippen LogP contribution in [0.15, 0.2) is 59.8 Å². The van der Waals surface area contributed by atoms with Gasteiger partial charge in [0.15, 0.2) is 6.20 Å². The highest BCUT2D eigenvalue weighted by Gasteiger charge is 2.21. The summed E-state index contributed by atoms with van der Waals surface area (Å²) in [4.78, 5) is 14.0. The summed E-state index contributed by atoms with van der Waals surface area (Å²) in [6.07, 6.45) is 1.44. The van der Waals surface area contributed by atoms with Gasteiger partial charge in [-0.25, -0.2) is 0 Å². The fraction of sp³-hybridized carbons (Fsp3) is 0.250. The minimum absolute atomic E-state index is 0.00714. The van der Waals surface area contributed by atoms with E-state index in [1.807, 2.05) is 37.3 Å². The number of nitrogens with zero attached hydrogens (tertiary/aromatic N) is 2. The van der Waals surface area contributed by atoms with Crippen molar-refractivity contribution in [3.63, 3.8) is 0 Å². The summed E-state index contributed by atoms with van der Waals surface area (Å²) in [5.74, 6) is 0.00714. The Hall–Kier alpha value is -2.01. The molecule has 0 fully saturated rings. The highest BCUT2D eigenvalue weighted by molar-refractivity contribution is 8.00. The Morgan fingerprint density at radius 2 is 1.90 bits per heavy atom. The molecule has 1 aromatic carbocycles. The predicted octanol–water partition coefficient (Wildman–Crippen LogP) is 2.46. The molecular weight excluding hydrogens is 284 g/mol. The Labute approximate surface area is 129 Å². The number of benzene rings is 1. The molecule has 0 saturated heterocycles. The predicted molar refractivity (Wildman–Crippen MR) is 83.6 cm³/mol. The Balaban J connectivity index is 1.97. The van der Waals surface area contributed by atoms with Gasteiger partial charge in [-0.2, -0.15) is 4.73 Å². The average molecular weight is 302 g/mol. The molecule has 2 aromatic rings. The van der Waals surface area contributed by atoms with E-state index in [-0.39, 0.29) is 11.2 Å². The summed E-state index contributed by atoms with van der Waals surface area (Å²) in [6, 6.07) is 15.0. The van der Waals surface area contributed by atoms with Crippen molar-refractivity contribution >= 4 is 17.7 Å². The molecule has 2 rings (SSSR count). The third-order valence-corrected chi connectivity index (χ3v) is 4.19. The van der Waals surface area contributed by atoms with E-state index in [4.69, 9.17) is 0 Å². The van der Waals surface area contributed by atoms with Crippen molar-refractivity contribution in [3.8, 4) is 0 Å². The van der Waals surface area contributed by atoms with Crippen molar-refractivity contribution in [1.82, 2.24) is 4.90 Å². The summed E-state index contributed by atoms with van der Waals surface area (Å²) in [5.41, 5.74) is 1.09. The highest BCUT2D eigenvalue weighted by atomic mass is 32.2. The maximum atomic E-state index is 12.4. The minimum Gasteiger partial charge on any atom is -0.618 e. The lowest BCUT2D eigenvalue weighted by molar-refractivity contribution is -0.645. The summed E-state index contributed by atoms with van der Waals surface area (Å²) >= 11 is 1.28. The largest absolute Gasteiger partial charge is 0.618 e. The number of pyridine rings is 1. The molecule has 1 unspecified atom stereocenters. The van der Waals surface area contributed by atoms with Gasteiger partial charge in [-0.1, -0.05) is 30.3 Å². The molecule has 1 heterocycles. The second-order valence-corrected chi connectivity index (χ2v) is 6.17. The summed E-state index contributed by atoms with van der Waals surface area (Å²) in [7, 11) is 1.78. The Bertz CT molecular complexity index is 604. The minimum atomic E-state index is -0.304. The van der Waals surface area contributed by atoms with E-state index < -0.39 is 0 Å². The van der Waals surface area contributed by atoms with E-state index in [1.165, 1.54) is 18.0 Å². The average Bonchev–Trinajstić information content (AvgIpc) is 2.49. The second-order valence-electron chi connectivity index (χ2n) is 4.80. The topological polar surface area (TPSA) is 47.2 Å². The molecule has 0 aliphatic heterocycles. The number of thioether (sulfide) groups is 1. The fourth-order valence-electron chi connectivity index (χ4n) is 1.98. The van der Waals surface area contributed by atoms with Crippen molar-refractivity contribution in [2.24, 2.45) is 0 Å². The van der Waals surface area contributed by atoms with Crippen LogP contribution in [0.25, 0.3) is 0 Å². The first-order chi connectivity index (χ1) is 10.1. The molecule has 1 atom stereocenters. The Morgan fingerprint density at radius 1 is 1.24 bits per heavy atom. The SMILES string of the molecule is CC(Sc1cccc[n+]1[O-])C(=O)N(C)Cc1ccccc1. The van der Waals surface area contributed by atoms with Gasteiger partial charge in [0.1, 0.15) is 0 Å². The van der Waals surface area contributed by atoms with Crippen LogP contribution in [0, 0.1) is 5.21 Å². The quantitative estimate of drug-likeness (QED) is 0.484. The molecule has 0 N–H and O–H groups in total. The number of hydrogen-bond acceptors (Lipinski definition) is 3. The van der Waals surface area contributed by atoms with Gasteiger partial charge >= 0.3 is 0 Å². The Morgan fingerprint density at radius 3 is 2.57 bits per heavy atom. The highest BCUT2D eigenvalue weighted by Crippen LogP contribution is 2.21. The van der Waals surface area contributed by atoms with E-state index in [0.717, 1.165) is 10.3 Å². The molecule has 1 amide bonds. The second kappa shape index (κ2) is 7.13. The van der Waals surface area contributed by atoms with Crippen LogP contribution in [0.2, 0.25) is 0 Å². The first kappa shape index (κ1) is 15.4. The summed E-state index contributed by atoms with van der Waals surface area (Å²) in [5, 5.41) is 11.8. The molecular formula is C16H18N2O2S. The zero-order valence-electron chi connectivity index (χ0n) is 12.1. The van der Waals surface area contributed by atoms with Gasteiger partial charge in [0, 0.05) is 25.7 Å². The van der Waals surface area contributed by atoms with Gasteiger partial charge < -0.3 is 10.1 Å². The van der Waals surface area contributed by atoms with E-state index in [2.05, 4.69) is 0 Å². The number of hydrogen-bond donors (Lipinski definition) is 0. The molecule has 1 aromatic heterocycles. The van der Waals surface area contributed by atoms with Gasteiger partial charge in [-0.05, 0) is 30.3 Å². The molecule has 0 aliphatic rings. The zero-order valence-corrected chi connectivity index (χ0v) is 12.9. The molecule has 5 heteroatoms. The zero-order chi connectivity index (χ0) is 15.2. The lowest BCUT2D eigenvalue weighted by Gasteiger charge is -2.20. The van der Waals surface area contributed by atoms with Gasteiger partial charge in [-0.15, -0.1) is 0 Å². The van der Waals surface area contributed by atoms with Crippen molar-refractivity contribution in [2.75, 3.05) is 7.05 Å². The number of carbonyl (C=O) groups is 1. The molecule has 0 aliphatic carbocycles. The normalized spacial score (nSPS) is 11.9. The van der Waals surface area contributed by atoms with E-state index in [9.17, 15) is 10.0 Å². The summed E-state index contributed by atoms with van der Waals surface area (Å²) in [6.45, 7) is 2.39. The van der Waals surface area contributed by atoms with Crippen LogP contribution in [-0.2, 0) is 11.3 Å². The van der Waals surface area contributed by atoms with Crippen molar-refractivity contribution in [1.29, 1.82) is 0 Å². The monoisotopic (exact) mass is 302 g/mol. The van der Waals surface area contributed by atoms with Crippen LogP contribution in [-0.4, -0.2) is 23.1 Å². The van der Waals surface area contributed by atoms with Gasteiger partial charge in [0.2, 0.25) is 5.91 Å². The lowest BCUT2D eigenvalue weighted by atomic mass is 10.2. The number of rotatable bonds is 5. The number of amides is 1. The number of aromatic nitrogens is 1. The maximum absolute atomic E-state index is 12.4. The third kappa shape index (κ3) is 4.23. The van der Waals surface area contributed by atoms with Gasteiger partial charge in [0.25, 0.3) is 5.03 Å². The van der Waals surface area contributed by atoms with Gasteiger partial charge in [0.05, 0.1) is 5.25 Å². The third-order valence-electron chi connectivity index (χ3n) is 3.07. The fourth-order valence-corrected chi connectivity index (χ4v) is 2.95. The first-order valence-electron chi connectivity index (χ1n) is 6.71. The van der Waals surface area contributed by atoms with Crippen LogP contribution in [0.1, 0.15) is 12.5 Å². The van der Waals surface area contributed by atoms with Crippen molar-refractivity contribution in [3.05, 3.63) is 65.5 Å².